The van der Waals surface area contributed by atoms with Crippen LogP contribution in [0.15, 0.2) is 18.2 Å². The predicted molar refractivity (Wildman–Crippen MR) is 69.3 cm³/mol. The standard InChI is InChI=1S/C14H20FNO2/c1-9-7-16(8-10(2)18-9)14-12(11(3)17)5-4-6-13(14)15/h4-6,9-11,17H,7-8H2,1-3H3/t9-,10+,11?. The molecule has 18 heavy (non-hydrogen) atoms. The van der Waals surface area contributed by atoms with Crippen LogP contribution in [0.25, 0.3) is 0 Å². The molecule has 1 aromatic carbocycles. The Morgan fingerprint density at radius 1 is 1.33 bits per heavy atom. The van der Waals surface area contributed by atoms with Crippen molar-refractivity contribution in [1.82, 2.24) is 0 Å². The number of halogens is 1. The Morgan fingerprint density at radius 2 is 1.94 bits per heavy atom. The zero-order valence-corrected chi connectivity index (χ0v) is 11.1. The fourth-order valence-electron chi connectivity index (χ4n) is 2.56. The molecule has 1 heterocycles. The number of anilines is 1. The van der Waals surface area contributed by atoms with Crippen LogP contribution in [-0.2, 0) is 4.74 Å². The second-order valence-corrected chi connectivity index (χ2v) is 5.02. The van der Waals surface area contributed by atoms with Gasteiger partial charge in [0.15, 0.2) is 0 Å². The Morgan fingerprint density at radius 3 is 2.50 bits per heavy atom. The highest BCUT2D eigenvalue weighted by Gasteiger charge is 2.26. The van der Waals surface area contributed by atoms with Crippen molar-refractivity contribution in [1.29, 1.82) is 0 Å². The minimum absolute atomic E-state index is 0.0650. The molecule has 1 fully saturated rings. The molecular formula is C14H20FNO2. The summed E-state index contributed by atoms with van der Waals surface area (Å²) >= 11 is 0. The van der Waals surface area contributed by atoms with Crippen LogP contribution >= 0.6 is 0 Å². The topological polar surface area (TPSA) is 32.7 Å². The van der Waals surface area contributed by atoms with E-state index in [-0.39, 0.29) is 18.0 Å². The number of nitrogens with zero attached hydrogens (tertiary/aromatic N) is 1. The van der Waals surface area contributed by atoms with Crippen LogP contribution in [-0.4, -0.2) is 30.4 Å². The SMILES string of the molecule is CC(O)c1cccc(F)c1N1C[C@@H](C)O[C@@H](C)C1. The van der Waals surface area contributed by atoms with E-state index in [1.165, 1.54) is 6.07 Å². The molecule has 0 saturated carbocycles. The minimum atomic E-state index is -0.677. The third-order valence-corrected chi connectivity index (χ3v) is 3.20. The van der Waals surface area contributed by atoms with E-state index in [2.05, 4.69) is 0 Å². The minimum Gasteiger partial charge on any atom is -0.389 e. The van der Waals surface area contributed by atoms with Gasteiger partial charge in [-0.2, -0.15) is 0 Å². The molecule has 0 spiro atoms. The summed E-state index contributed by atoms with van der Waals surface area (Å²) in [5, 5.41) is 9.77. The maximum atomic E-state index is 14.1. The van der Waals surface area contributed by atoms with E-state index in [0.29, 0.717) is 24.3 Å². The number of aliphatic hydroxyl groups is 1. The summed E-state index contributed by atoms with van der Waals surface area (Å²) in [5.74, 6) is -0.283. The van der Waals surface area contributed by atoms with Crippen molar-refractivity contribution >= 4 is 5.69 Å². The summed E-state index contributed by atoms with van der Waals surface area (Å²) in [6.07, 6.45) is -0.547. The lowest BCUT2D eigenvalue weighted by Gasteiger charge is -2.38. The van der Waals surface area contributed by atoms with Gasteiger partial charge in [-0.3, -0.25) is 0 Å². The molecule has 0 aromatic heterocycles. The van der Waals surface area contributed by atoms with Gasteiger partial charge in [0.05, 0.1) is 24.0 Å². The van der Waals surface area contributed by atoms with Gasteiger partial charge in [0, 0.05) is 18.7 Å². The fourth-order valence-corrected chi connectivity index (χ4v) is 2.56. The maximum Gasteiger partial charge on any atom is 0.146 e. The van der Waals surface area contributed by atoms with Crippen molar-refractivity contribution in [2.75, 3.05) is 18.0 Å². The maximum absolute atomic E-state index is 14.1. The second kappa shape index (κ2) is 5.24. The van der Waals surface area contributed by atoms with Crippen molar-refractivity contribution in [2.24, 2.45) is 0 Å². The molecule has 0 radical (unpaired) electrons. The zero-order valence-electron chi connectivity index (χ0n) is 11.1. The number of ether oxygens (including phenoxy) is 1. The van der Waals surface area contributed by atoms with Gasteiger partial charge < -0.3 is 14.7 Å². The average Bonchev–Trinajstić information content (AvgIpc) is 2.26. The number of benzene rings is 1. The van der Waals surface area contributed by atoms with Gasteiger partial charge in [0.25, 0.3) is 0 Å². The van der Waals surface area contributed by atoms with Crippen LogP contribution < -0.4 is 4.90 Å². The van der Waals surface area contributed by atoms with Crippen LogP contribution in [0, 0.1) is 5.82 Å². The molecule has 1 N–H and O–H groups in total. The van der Waals surface area contributed by atoms with E-state index >= 15 is 0 Å². The number of aliphatic hydroxyl groups excluding tert-OH is 1. The van der Waals surface area contributed by atoms with Gasteiger partial charge in [-0.05, 0) is 26.8 Å². The number of hydrogen-bond acceptors (Lipinski definition) is 3. The lowest BCUT2D eigenvalue weighted by atomic mass is 10.1. The zero-order chi connectivity index (χ0) is 13.3. The predicted octanol–water partition coefficient (Wildman–Crippen LogP) is 2.49. The molecule has 4 heteroatoms. The van der Waals surface area contributed by atoms with E-state index in [0.717, 1.165) is 0 Å². The van der Waals surface area contributed by atoms with Gasteiger partial charge in [-0.15, -0.1) is 0 Å². The third-order valence-electron chi connectivity index (χ3n) is 3.20. The quantitative estimate of drug-likeness (QED) is 0.879. The Labute approximate surface area is 107 Å². The van der Waals surface area contributed by atoms with Crippen molar-refractivity contribution in [2.45, 2.75) is 39.1 Å². The number of para-hydroxylation sites is 1. The van der Waals surface area contributed by atoms with Gasteiger partial charge in [-0.25, -0.2) is 4.39 Å². The molecule has 0 amide bonds. The van der Waals surface area contributed by atoms with E-state index in [9.17, 15) is 9.50 Å². The van der Waals surface area contributed by atoms with Crippen LogP contribution in [0.3, 0.4) is 0 Å². The molecule has 1 saturated heterocycles. The Kier molecular flexibility index (Phi) is 3.88. The highest BCUT2D eigenvalue weighted by Crippen LogP contribution is 2.31. The van der Waals surface area contributed by atoms with Crippen molar-refractivity contribution in [3.05, 3.63) is 29.6 Å². The largest absolute Gasteiger partial charge is 0.389 e. The smallest absolute Gasteiger partial charge is 0.146 e. The van der Waals surface area contributed by atoms with Crippen LogP contribution in [0.1, 0.15) is 32.4 Å². The molecule has 1 unspecified atom stereocenters. The van der Waals surface area contributed by atoms with Crippen molar-refractivity contribution < 1.29 is 14.2 Å². The first-order valence-corrected chi connectivity index (χ1v) is 6.36. The molecule has 3 atom stereocenters. The third kappa shape index (κ3) is 2.65. The second-order valence-electron chi connectivity index (χ2n) is 5.02. The van der Waals surface area contributed by atoms with E-state index < -0.39 is 6.10 Å². The average molecular weight is 253 g/mol. The Balaban J connectivity index is 2.37. The van der Waals surface area contributed by atoms with E-state index in [1.807, 2.05) is 18.7 Å². The summed E-state index contributed by atoms with van der Waals surface area (Å²) in [5.41, 5.74) is 1.14. The molecule has 0 aliphatic carbocycles. The van der Waals surface area contributed by atoms with E-state index in [1.54, 1.807) is 19.1 Å². The van der Waals surface area contributed by atoms with Crippen LogP contribution in [0.5, 0.6) is 0 Å². The van der Waals surface area contributed by atoms with E-state index in [4.69, 9.17) is 4.74 Å². The van der Waals surface area contributed by atoms with Crippen molar-refractivity contribution in [3.63, 3.8) is 0 Å². The molecule has 2 rings (SSSR count). The first-order chi connectivity index (χ1) is 8.49. The molecule has 1 aliphatic heterocycles. The van der Waals surface area contributed by atoms with Crippen LogP contribution in [0.2, 0.25) is 0 Å². The van der Waals surface area contributed by atoms with Gasteiger partial charge in [0.2, 0.25) is 0 Å². The summed E-state index contributed by atoms with van der Waals surface area (Å²) in [6.45, 7) is 6.90. The lowest BCUT2D eigenvalue weighted by molar-refractivity contribution is -0.00556. The summed E-state index contributed by atoms with van der Waals surface area (Å²) in [4.78, 5) is 1.97. The molecule has 1 aliphatic rings. The summed E-state index contributed by atoms with van der Waals surface area (Å²) in [7, 11) is 0. The molecule has 3 nitrogen and oxygen atoms in total. The number of hydrogen-bond donors (Lipinski definition) is 1. The Hall–Kier alpha value is -1.13. The first-order valence-electron chi connectivity index (χ1n) is 6.36. The Bertz CT molecular complexity index is 412. The first kappa shape index (κ1) is 13.3. The highest BCUT2D eigenvalue weighted by molar-refractivity contribution is 5.56. The molecule has 100 valence electrons. The van der Waals surface area contributed by atoms with Crippen molar-refractivity contribution in [3.8, 4) is 0 Å². The molecule has 1 aromatic rings. The number of morpholine rings is 1. The highest BCUT2D eigenvalue weighted by atomic mass is 19.1. The summed E-state index contributed by atoms with van der Waals surface area (Å²) in [6, 6.07) is 4.84. The normalized spacial score (nSPS) is 26.2. The molecular weight excluding hydrogens is 233 g/mol. The number of rotatable bonds is 2. The van der Waals surface area contributed by atoms with Gasteiger partial charge >= 0.3 is 0 Å². The van der Waals surface area contributed by atoms with Gasteiger partial charge in [0.1, 0.15) is 5.82 Å². The van der Waals surface area contributed by atoms with Gasteiger partial charge in [-0.1, -0.05) is 12.1 Å². The fraction of sp³-hybridized carbons (Fsp3) is 0.571. The van der Waals surface area contributed by atoms with Crippen LogP contribution in [0.4, 0.5) is 10.1 Å². The summed E-state index contributed by atoms with van der Waals surface area (Å²) < 4.78 is 19.7. The molecule has 0 bridgehead atoms. The monoisotopic (exact) mass is 253 g/mol. The lowest BCUT2D eigenvalue weighted by Crippen LogP contribution is -2.46.